The lowest BCUT2D eigenvalue weighted by atomic mass is 10.2. The summed E-state index contributed by atoms with van der Waals surface area (Å²) in [4.78, 5) is 15.6. The highest BCUT2D eigenvalue weighted by Gasteiger charge is 2.21. The molecular weight excluding hydrogens is 289 g/mol. The molecule has 19 heavy (non-hydrogen) atoms. The first-order chi connectivity index (χ1) is 9.16. The molecule has 1 saturated heterocycles. The summed E-state index contributed by atoms with van der Waals surface area (Å²) in [5.74, 6) is 0.329. The molecular formula is C12H15Cl2N3O2. The van der Waals surface area contributed by atoms with Crippen molar-refractivity contribution in [2.75, 3.05) is 19.7 Å². The highest BCUT2D eigenvalue weighted by Crippen LogP contribution is 2.24. The zero-order valence-electron chi connectivity index (χ0n) is 10.3. The van der Waals surface area contributed by atoms with Gasteiger partial charge in [0, 0.05) is 6.20 Å². The van der Waals surface area contributed by atoms with Gasteiger partial charge in [0.25, 0.3) is 0 Å². The monoisotopic (exact) mass is 303 g/mol. The number of amides is 1. The van der Waals surface area contributed by atoms with Gasteiger partial charge in [-0.3, -0.25) is 4.79 Å². The maximum Gasteiger partial charge on any atom is 0.237 e. The van der Waals surface area contributed by atoms with Gasteiger partial charge in [-0.1, -0.05) is 23.2 Å². The molecule has 0 radical (unpaired) electrons. The summed E-state index contributed by atoms with van der Waals surface area (Å²) >= 11 is 11.6. The van der Waals surface area contributed by atoms with E-state index in [9.17, 15) is 4.79 Å². The smallest absolute Gasteiger partial charge is 0.237 e. The van der Waals surface area contributed by atoms with Crippen LogP contribution >= 0.6 is 23.2 Å². The average molecular weight is 304 g/mol. The van der Waals surface area contributed by atoms with Gasteiger partial charge < -0.3 is 15.4 Å². The molecule has 1 aliphatic heterocycles. The van der Waals surface area contributed by atoms with Gasteiger partial charge in [-0.2, -0.15) is 0 Å². The normalized spacial score (nSPS) is 18.3. The van der Waals surface area contributed by atoms with E-state index < -0.39 is 0 Å². The molecule has 0 saturated carbocycles. The molecule has 1 amide bonds. The van der Waals surface area contributed by atoms with Gasteiger partial charge in [-0.25, -0.2) is 4.98 Å². The third-order valence-electron chi connectivity index (χ3n) is 2.79. The topological polar surface area (TPSA) is 63.2 Å². The van der Waals surface area contributed by atoms with Crippen LogP contribution in [0, 0.1) is 0 Å². The van der Waals surface area contributed by atoms with Crippen LogP contribution < -0.4 is 15.4 Å². The van der Waals surface area contributed by atoms with Gasteiger partial charge in [0.05, 0.1) is 17.6 Å². The Kier molecular flexibility index (Phi) is 5.24. The Balaban J connectivity index is 1.70. The lowest BCUT2D eigenvalue weighted by Gasteiger charge is -2.11. The number of aromatic nitrogens is 1. The molecule has 1 aliphatic rings. The largest absolute Gasteiger partial charge is 0.475 e. The number of nitrogens with zero attached hydrogens (tertiary/aromatic N) is 1. The Morgan fingerprint density at radius 1 is 1.58 bits per heavy atom. The Labute approximate surface area is 121 Å². The summed E-state index contributed by atoms with van der Waals surface area (Å²) in [6.07, 6.45) is 3.39. The van der Waals surface area contributed by atoms with Crippen molar-refractivity contribution in [1.29, 1.82) is 0 Å². The molecule has 1 fully saturated rings. The number of carbonyl (C=O) groups excluding carboxylic acids is 1. The first-order valence-corrected chi connectivity index (χ1v) is 6.87. The van der Waals surface area contributed by atoms with Crippen LogP contribution in [0.1, 0.15) is 12.8 Å². The van der Waals surface area contributed by atoms with Crippen molar-refractivity contribution in [2.45, 2.75) is 18.9 Å². The fourth-order valence-corrected chi connectivity index (χ4v) is 2.30. The van der Waals surface area contributed by atoms with Crippen molar-refractivity contribution >= 4 is 29.1 Å². The van der Waals surface area contributed by atoms with Crippen LogP contribution in [-0.2, 0) is 4.79 Å². The Bertz CT molecular complexity index is 451. The van der Waals surface area contributed by atoms with Crippen LogP contribution in [0.25, 0.3) is 0 Å². The zero-order chi connectivity index (χ0) is 13.7. The standard InChI is InChI=1S/C12H15Cl2N3O2/c13-8-6-9(14)12(17-7-8)19-5-4-16-11(18)10-2-1-3-15-10/h6-7,10,15H,1-5H2,(H,16,18). The van der Waals surface area contributed by atoms with Crippen molar-refractivity contribution in [3.63, 3.8) is 0 Å². The van der Waals surface area contributed by atoms with E-state index in [4.69, 9.17) is 27.9 Å². The predicted octanol–water partition coefficient (Wildman–Crippen LogP) is 1.64. The Morgan fingerprint density at radius 2 is 2.42 bits per heavy atom. The Hall–Kier alpha value is -1.04. The number of carbonyl (C=O) groups is 1. The van der Waals surface area contributed by atoms with Crippen molar-refractivity contribution in [3.05, 3.63) is 22.3 Å². The van der Waals surface area contributed by atoms with Crippen LogP contribution in [0.4, 0.5) is 0 Å². The SMILES string of the molecule is O=C(NCCOc1ncc(Cl)cc1Cl)C1CCCN1. The van der Waals surface area contributed by atoms with Gasteiger partial charge in [-0.05, 0) is 25.5 Å². The maximum absolute atomic E-state index is 11.7. The van der Waals surface area contributed by atoms with E-state index in [1.807, 2.05) is 0 Å². The molecule has 0 aromatic carbocycles. The third kappa shape index (κ3) is 4.23. The van der Waals surface area contributed by atoms with E-state index >= 15 is 0 Å². The van der Waals surface area contributed by atoms with Gasteiger partial charge in [0.2, 0.25) is 11.8 Å². The molecule has 1 atom stereocenters. The minimum Gasteiger partial charge on any atom is -0.475 e. The summed E-state index contributed by atoms with van der Waals surface area (Å²) in [6, 6.07) is 1.49. The molecule has 1 aromatic heterocycles. The average Bonchev–Trinajstić information content (AvgIpc) is 2.90. The molecule has 1 aromatic rings. The van der Waals surface area contributed by atoms with Gasteiger partial charge in [-0.15, -0.1) is 0 Å². The van der Waals surface area contributed by atoms with Crippen molar-refractivity contribution < 1.29 is 9.53 Å². The van der Waals surface area contributed by atoms with E-state index in [2.05, 4.69) is 15.6 Å². The Morgan fingerprint density at radius 3 is 3.11 bits per heavy atom. The van der Waals surface area contributed by atoms with E-state index in [1.165, 1.54) is 6.20 Å². The van der Waals surface area contributed by atoms with Crippen LogP contribution in [0.5, 0.6) is 5.88 Å². The summed E-state index contributed by atoms with van der Waals surface area (Å²) in [7, 11) is 0. The fourth-order valence-electron chi connectivity index (χ4n) is 1.86. The van der Waals surface area contributed by atoms with E-state index in [-0.39, 0.29) is 11.9 Å². The number of nitrogens with one attached hydrogen (secondary N) is 2. The highest BCUT2D eigenvalue weighted by molar-refractivity contribution is 6.35. The fraction of sp³-hybridized carbons (Fsp3) is 0.500. The van der Waals surface area contributed by atoms with Gasteiger partial charge >= 0.3 is 0 Å². The second-order valence-electron chi connectivity index (χ2n) is 4.23. The second kappa shape index (κ2) is 6.93. The van der Waals surface area contributed by atoms with Crippen LogP contribution in [0.2, 0.25) is 10.0 Å². The van der Waals surface area contributed by atoms with Crippen molar-refractivity contribution in [3.8, 4) is 5.88 Å². The first kappa shape index (κ1) is 14.4. The van der Waals surface area contributed by atoms with Gasteiger partial charge in [0.1, 0.15) is 11.6 Å². The number of rotatable bonds is 5. The van der Waals surface area contributed by atoms with Crippen molar-refractivity contribution in [1.82, 2.24) is 15.6 Å². The minimum atomic E-state index is -0.0720. The second-order valence-corrected chi connectivity index (χ2v) is 5.07. The lowest BCUT2D eigenvalue weighted by Crippen LogP contribution is -2.41. The van der Waals surface area contributed by atoms with Gasteiger partial charge in [0.15, 0.2) is 0 Å². The lowest BCUT2D eigenvalue weighted by molar-refractivity contribution is -0.122. The molecule has 5 nitrogen and oxygen atoms in total. The number of hydrogen-bond donors (Lipinski definition) is 2. The number of ether oxygens (including phenoxy) is 1. The number of halogens is 2. The number of pyridine rings is 1. The highest BCUT2D eigenvalue weighted by atomic mass is 35.5. The van der Waals surface area contributed by atoms with Crippen molar-refractivity contribution in [2.24, 2.45) is 0 Å². The quantitative estimate of drug-likeness (QED) is 0.812. The zero-order valence-corrected chi connectivity index (χ0v) is 11.8. The van der Waals surface area contributed by atoms with E-state index in [0.717, 1.165) is 19.4 Å². The molecule has 0 spiro atoms. The molecule has 1 unspecified atom stereocenters. The molecule has 0 bridgehead atoms. The first-order valence-electron chi connectivity index (χ1n) is 6.12. The maximum atomic E-state index is 11.7. The predicted molar refractivity (Wildman–Crippen MR) is 73.8 cm³/mol. The molecule has 2 rings (SSSR count). The summed E-state index contributed by atoms with van der Waals surface area (Å²) in [5, 5.41) is 6.75. The molecule has 0 aliphatic carbocycles. The summed E-state index contributed by atoms with van der Waals surface area (Å²) in [6.45, 7) is 1.63. The van der Waals surface area contributed by atoms with E-state index in [1.54, 1.807) is 6.07 Å². The summed E-state index contributed by atoms with van der Waals surface area (Å²) in [5.41, 5.74) is 0. The van der Waals surface area contributed by atoms with E-state index in [0.29, 0.717) is 29.1 Å². The molecule has 104 valence electrons. The van der Waals surface area contributed by atoms with Crippen LogP contribution in [0.15, 0.2) is 12.3 Å². The number of hydrogen-bond acceptors (Lipinski definition) is 4. The van der Waals surface area contributed by atoms with Crippen LogP contribution in [-0.4, -0.2) is 36.6 Å². The molecule has 7 heteroatoms. The third-order valence-corrected chi connectivity index (χ3v) is 3.27. The van der Waals surface area contributed by atoms with Crippen LogP contribution in [0.3, 0.4) is 0 Å². The molecule has 2 heterocycles. The minimum absolute atomic E-state index is 0.0104. The summed E-state index contributed by atoms with van der Waals surface area (Å²) < 4.78 is 5.37. The molecule has 2 N–H and O–H groups in total.